The molecule has 3 heteroatoms. The van der Waals surface area contributed by atoms with Crippen LogP contribution < -0.4 is 0 Å². The highest BCUT2D eigenvalue weighted by Crippen LogP contribution is 2.00. The van der Waals surface area contributed by atoms with Gasteiger partial charge in [-0.2, -0.15) is 0 Å². The van der Waals surface area contributed by atoms with Gasteiger partial charge in [-0.1, -0.05) is 13.3 Å². The third kappa shape index (κ3) is 4.70. The van der Waals surface area contributed by atoms with Gasteiger partial charge in [-0.25, -0.2) is 0 Å². The van der Waals surface area contributed by atoms with Crippen molar-refractivity contribution < 1.29 is 7.48 Å². The molecule has 0 heterocycles. The number of nitrogens with zero attached hydrogens (tertiary/aromatic N) is 2. The minimum absolute atomic E-state index is 0.182. The van der Waals surface area contributed by atoms with Crippen molar-refractivity contribution in [2.24, 2.45) is 0 Å². The van der Waals surface area contributed by atoms with E-state index >= 15 is 0 Å². The van der Waals surface area contributed by atoms with E-state index in [1.165, 1.54) is 0 Å². The molecule has 0 saturated heterocycles. The zero-order valence-electron chi connectivity index (χ0n) is 10.4. The van der Waals surface area contributed by atoms with Crippen molar-refractivity contribution in [1.82, 2.24) is 9.80 Å². The second-order valence-corrected chi connectivity index (χ2v) is 3.06. The predicted molar refractivity (Wildman–Crippen MR) is 52.0 cm³/mol. The van der Waals surface area contributed by atoms with Crippen molar-refractivity contribution in [3.8, 4) is 0 Å². The van der Waals surface area contributed by atoms with Crippen molar-refractivity contribution in [3.05, 3.63) is 0 Å². The topological polar surface area (TPSA) is 15.7 Å². The number of ether oxygens (including phenoxy) is 1. The molecule has 0 rings (SSSR count). The molecule has 0 atom stereocenters. The third-order valence-corrected chi connectivity index (χ3v) is 1.52. The Morgan fingerprint density at radius 1 is 1.33 bits per heavy atom. The standard InChI is InChI=1S/C9H22N2O/c1-6-7-8-12-9(10(2)3)11(4)5/h9H,6-8H2,1-5H3/i2T,4T. The van der Waals surface area contributed by atoms with E-state index in [0.29, 0.717) is 6.61 Å². The third-order valence-electron chi connectivity index (χ3n) is 1.52. The molecule has 0 aliphatic rings. The summed E-state index contributed by atoms with van der Waals surface area (Å²) in [5, 5.41) is 0. The lowest BCUT2D eigenvalue weighted by Crippen LogP contribution is -2.42. The molecular formula is C9H22N2O. The lowest BCUT2D eigenvalue weighted by Gasteiger charge is -2.30. The van der Waals surface area contributed by atoms with Crippen LogP contribution in [0.15, 0.2) is 0 Å². The van der Waals surface area contributed by atoms with Crippen molar-refractivity contribution in [1.29, 1.82) is 0 Å². The van der Waals surface area contributed by atoms with Crippen LogP contribution in [0.25, 0.3) is 0 Å². The Hall–Kier alpha value is -0.120. The van der Waals surface area contributed by atoms with E-state index in [4.69, 9.17) is 7.48 Å². The zero-order valence-corrected chi connectivity index (χ0v) is 8.42. The van der Waals surface area contributed by atoms with Crippen LogP contribution in [-0.4, -0.2) is 50.9 Å². The second kappa shape index (κ2) is 6.40. The first kappa shape index (κ1) is 8.48. The summed E-state index contributed by atoms with van der Waals surface area (Å²) < 4.78 is 20.1. The molecule has 0 aliphatic carbocycles. The first-order chi connectivity index (χ1) is 6.67. The Morgan fingerprint density at radius 3 is 2.33 bits per heavy atom. The Labute approximate surface area is 79.1 Å². The van der Waals surface area contributed by atoms with Crippen LogP contribution in [0.5, 0.6) is 0 Å². The minimum Gasteiger partial charge on any atom is -0.350 e. The largest absolute Gasteiger partial charge is 0.350 e. The van der Waals surface area contributed by atoms with Crippen LogP contribution in [0.2, 0.25) is 0 Å². The molecule has 0 aromatic heterocycles. The summed E-state index contributed by atoms with van der Waals surface area (Å²) in [7, 11) is 4.02. The molecule has 0 bridgehead atoms. The molecule has 0 spiro atoms. The van der Waals surface area contributed by atoms with Crippen molar-refractivity contribution in [2.75, 3.05) is 34.7 Å². The molecule has 0 saturated carbocycles. The van der Waals surface area contributed by atoms with Gasteiger partial charge >= 0.3 is 0 Å². The normalized spacial score (nSPS) is 14.2. The fourth-order valence-corrected chi connectivity index (χ4v) is 0.924. The van der Waals surface area contributed by atoms with Crippen molar-refractivity contribution in [3.63, 3.8) is 0 Å². The molecule has 0 N–H and O–H groups in total. The summed E-state index contributed by atoms with van der Waals surface area (Å²) in [6.07, 6.45) is 1.88. The van der Waals surface area contributed by atoms with E-state index in [2.05, 4.69) is 6.92 Å². The zero-order chi connectivity index (χ0) is 11.0. The first-order valence-corrected chi connectivity index (χ1v) is 4.27. The van der Waals surface area contributed by atoms with Gasteiger partial charge in [0.15, 0.2) is 6.35 Å². The van der Waals surface area contributed by atoms with E-state index in [-0.39, 0.29) is 20.4 Å². The van der Waals surface area contributed by atoms with Crippen LogP contribution in [0.1, 0.15) is 22.5 Å². The Balaban J connectivity index is 3.97. The Morgan fingerprint density at radius 2 is 1.92 bits per heavy atom. The van der Waals surface area contributed by atoms with E-state index in [9.17, 15) is 0 Å². The van der Waals surface area contributed by atoms with Gasteiger partial charge in [0.05, 0.1) is 6.61 Å². The van der Waals surface area contributed by atoms with Gasteiger partial charge in [0, 0.05) is 2.74 Å². The van der Waals surface area contributed by atoms with E-state index in [0.717, 1.165) is 12.8 Å². The number of hydrogen-bond donors (Lipinski definition) is 0. The molecule has 0 fully saturated rings. The highest BCUT2D eigenvalue weighted by molar-refractivity contribution is 4.49. The summed E-state index contributed by atoms with van der Waals surface area (Å²) in [6, 6.07) is 0. The maximum Gasteiger partial charge on any atom is 0.167 e. The van der Waals surface area contributed by atoms with Gasteiger partial charge in [0.1, 0.15) is 0 Å². The van der Waals surface area contributed by atoms with Gasteiger partial charge in [0.2, 0.25) is 0 Å². The fourth-order valence-electron chi connectivity index (χ4n) is 0.924. The fraction of sp³-hybridized carbons (Fsp3) is 1.00. The monoisotopic (exact) mass is 178 g/mol. The molecule has 74 valence electrons. The molecule has 12 heavy (non-hydrogen) atoms. The van der Waals surface area contributed by atoms with Crippen molar-refractivity contribution in [2.45, 2.75) is 26.1 Å². The van der Waals surface area contributed by atoms with Crippen LogP contribution in [0, 0.1) is 0 Å². The van der Waals surface area contributed by atoms with Gasteiger partial charge in [0.25, 0.3) is 0 Å². The number of unbranched alkanes of at least 4 members (excludes halogenated alkanes) is 1. The summed E-state index contributed by atoms with van der Waals surface area (Å²) in [6.45, 7) is 2.80. The van der Waals surface area contributed by atoms with Crippen molar-refractivity contribution >= 4 is 0 Å². The summed E-state index contributed by atoms with van der Waals surface area (Å²) >= 11 is 0. The molecule has 0 amide bonds. The summed E-state index contributed by atoms with van der Waals surface area (Å²) in [5.41, 5.74) is 0. The maximum atomic E-state index is 7.25. The molecule has 0 aliphatic heterocycles. The highest BCUT2D eigenvalue weighted by Gasteiger charge is 2.12. The second-order valence-electron chi connectivity index (χ2n) is 3.06. The first-order valence-electron chi connectivity index (χ1n) is 5.69. The molecule has 0 radical (unpaired) electrons. The average Bonchev–Trinajstić information content (AvgIpc) is 2.22. The smallest absolute Gasteiger partial charge is 0.167 e. The molecule has 0 aromatic carbocycles. The highest BCUT2D eigenvalue weighted by atomic mass is 16.5. The lowest BCUT2D eigenvalue weighted by molar-refractivity contribution is -0.118. The van der Waals surface area contributed by atoms with Crippen LogP contribution >= 0.6 is 0 Å². The molecular weight excluding hydrogens is 152 g/mol. The predicted octanol–water partition coefficient (Wildman–Crippen LogP) is 1.21. The van der Waals surface area contributed by atoms with Gasteiger partial charge in [-0.05, 0) is 34.6 Å². The molecule has 3 nitrogen and oxygen atoms in total. The van der Waals surface area contributed by atoms with Crippen LogP contribution in [0.4, 0.5) is 0 Å². The average molecular weight is 178 g/mol. The lowest BCUT2D eigenvalue weighted by atomic mass is 10.4. The summed E-state index contributed by atoms with van der Waals surface area (Å²) in [5.74, 6) is 0. The van der Waals surface area contributed by atoms with E-state index in [1.807, 2.05) is 14.1 Å². The van der Waals surface area contributed by atoms with E-state index < -0.39 is 0 Å². The Kier molecular flexibility index (Phi) is 4.52. The minimum atomic E-state index is -0.239. The molecule has 0 aromatic rings. The summed E-state index contributed by atoms with van der Waals surface area (Å²) in [4.78, 5) is 3.54. The van der Waals surface area contributed by atoms with Crippen LogP contribution in [-0.2, 0) is 4.74 Å². The van der Waals surface area contributed by atoms with Gasteiger partial charge in [-0.3, -0.25) is 9.80 Å². The quantitative estimate of drug-likeness (QED) is 0.449. The van der Waals surface area contributed by atoms with E-state index in [1.54, 1.807) is 9.80 Å². The molecule has 0 unspecified atom stereocenters. The SMILES string of the molecule is [3H]CN(C)C(OCCCC)N(C)C[3H]. The number of rotatable bonds is 6. The maximum absolute atomic E-state index is 7.25. The Bertz CT molecular complexity index is 128. The number of hydrogen-bond acceptors (Lipinski definition) is 3. The van der Waals surface area contributed by atoms with Crippen LogP contribution in [0.3, 0.4) is 0 Å². The van der Waals surface area contributed by atoms with Gasteiger partial charge < -0.3 is 4.74 Å². The van der Waals surface area contributed by atoms with Gasteiger partial charge in [-0.15, -0.1) is 0 Å².